The number of halogens is 1. The lowest BCUT2D eigenvalue weighted by Gasteiger charge is -2.07. The summed E-state index contributed by atoms with van der Waals surface area (Å²) < 4.78 is 0. The van der Waals surface area contributed by atoms with Crippen molar-refractivity contribution in [3.63, 3.8) is 0 Å². The Hall–Kier alpha value is -1.38. The van der Waals surface area contributed by atoms with Gasteiger partial charge < -0.3 is 5.32 Å². The van der Waals surface area contributed by atoms with Crippen LogP contribution in [-0.2, 0) is 19.0 Å². The first-order valence-corrected chi connectivity index (χ1v) is 6.58. The van der Waals surface area contributed by atoms with E-state index in [1.165, 1.54) is 11.1 Å². The molecule has 1 aromatic carbocycles. The monoisotopic (exact) mass is 260 g/mol. The molecule has 0 atom stereocenters. The number of aryl methyl sites for hydroxylation is 1. The molecule has 0 aliphatic rings. The number of hydrogen-bond acceptors (Lipinski definition) is 2. The molecule has 0 amide bonds. The van der Waals surface area contributed by atoms with Crippen molar-refractivity contribution >= 4 is 11.6 Å². The molecule has 0 saturated carbocycles. The van der Waals surface area contributed by atoms with Gasteiger partial charge in [0, 0.05) is 25.2 Å². The van der Waals surface area contributed by atoms with Gasteiger partial charge in [-0.2, -0.15) is 0 Å². The third kappa shape index (κ3) is 3.56. The Morgan fingerprint density at radius 2 is 1.94 bits per heavy atom. The quantitative estimate of drug-likeness (QED) is 0.834. The van der Waals surface area contributed by atoms with Crippen LogP contribution in [0.5, 0.6) is 0 Å². The standard InChI is InChI=1S/C15H17ClN2/c1-12-4-3-7-18-15(12)11-17-10-14-6-2-5-13(8-14)9-16/h2-8,17H,9-11H2,1H3. The minimum absolute atomic E-state index is 0.563. The van der Waals surface area contributed by atoms with Crippen LogP contribution < -0.4 is 5.32 Å². The molecule has 2 aromatic rings. The highest BCUT2D eigenvalue weighted by Crippen LogP contribution is 2.08. The molecular weight excluding hydrogens is 244 g/mol. The van der Waals surface area contributed by atoms with E-state index in [2.05, 4.69) is 35.4 Å². The van der Waals surface area contributed by atoms with Gasteiger partial charge in [-0.3, -0.25) is 4.98 Å². The number of hydrogen-bond donors (Lipinski definition) is 1. The fourth-order valence-electron chi connectivity index (χ4n) is 1.85. The molecule has 2 rings (SSSR count). The van der Waals surface area contributed by atoms with Crippen molar-refractivity contribution in [2.75, 3.05) is 0 Å². The van der Waals surface area contributed by atoms with Gasteiger partial charge in [0.1, 0.15) is 0 Å². The summed E-state index contributed by atoms with van der Waals surface area (Å²) in [5.41, 5.74) is 4.73. The van der Waals surface area contributed by atoms with E-state index in [-0.39, 0.29) is 0 Å². The number of nitrogens with zero attached hydrogens (tertiary/aromatic N) is 1. The summed E-state index contributed by atoms with van der Waals surface area (Å²) in [4.78, 5) is 4.36. The predicted octanol–water partition coefficient (Wildman–Crippen LogP) is 3.42. The molecule has 1 heterocycles. The highest BCUT2D eigenvalue weighted by atomic mass is 35.5. The van der Waals surface area contributed by atoms with Gasteiger partial charge in [-0.15, -0.1) is 11.6 Å². The van der Waals surface area contributed by atoms with Crippen LogP contribution in [0.2, 0.25) is 0 Å². The molecule has 1 aromatic heterocycles. The summed E-state index contributed by atoms with van der Waals surface area (Å²) in [6.45, 7) is 3.71. The topological polar surface area (TPSA) is 24.9 Å². The maximum atomic E-state index is 5.82. The second-order valence-electron chi connectivity index (χ2n) is 4.32. The van der Waals surface area contributed by atoms with Gasteiger partial charge in [0.25, 0.3) is 0 Å². The van der Waals surface area contributed by atoms with Crippen molar-refractivity contribution in [3.8, 4) is 0 Å². The molecule has 0 aliphatic heterocycles. The Balaban J connectivity index is 1.90. The lowest BCUT2D eigenvalue weighted by atomic mass is 10.1. The largest absolute Gasteiger partial charge is 0.307 e. The van der Waals surface area contributed by atoms with Crippen molar-refractivity contribution in [2.45, 2.75) is 25.9 Å². The number of pyridine rings is 1. The molecular formula is C15H17ClN2. The van der Waals surface area contributed by atoms with Crippen LogP contribution in [0.4, 0.5) is 0 Å². The summed E-state index contributed by atoms with van der Waals surface area (Å²) >= 11 is 5.82. The van der Waals surface area contributed by atoms with Crippen LogP contribution in [-0.4, -0.2) is 4.98 Å². The Labute approximate surface area is 113 Å². The van der Waals surface area contributed by atoms with Crippen LogP contribution in [0.1, 0.15) is 22.4 Å². The van der Waals surface area contributed by atoms with Gasteiger partial charge in [-0.1, -0.05) is 30.3 Å². The molecule has 0 bridgehead atoms. The van der Waals surface area contributed by atoms with E-state index in [1.54, 1.807) is 0 Å². The van der Waals surface area contributed by atoms with E-state index in [4.69, 9.17) is 11.6 Å². The average molecular weight is 261 g/mol. The molecule has 0 unspecified atom stereocenters. The number of rotatable bonds is 5. The van der Waals surface area contributed by atoms with Gasteiger partial charge in [-0.25, -0.2) is 0 Å². The zero-order chi connectivity index (χ0) is 12.8. The molecule has 0 radical (unpaired) electrons. The third-order valence-electron chi connectivity index (χ3n) is 2.89. The van der Waals surface area contributed by atoms with Gasteiger partial charge in [0.2, 0.25) is 0 Å². The number of aromatic nitrogens is 1. The lowest BCUT2D eigenvalue weighted by Crippen LogP contribution is -2.14. The van der Waals surface area contributed by atoms with Gasteiger partial charge in [0.05, 0.1) is 5.69 Å². The zero-order valence-electron chi connectivity index (χ0n) is 10.5. The number of nitrogens with one attached hydrogen (secondary N) is 1. The fraction of sp³-hybridized carbons (Fsp3) is 0.267. The van der Waals surface area contributed by atoms with E-state index in [1.807, 2.05) is 24.4 Å². The summed E-state index contributed by atoms with van der Waals surface area (Å²) in [5.74, 6) is 0.563. The SMILES string of the molecule is Cc1cccnc1CNCc1cccc(CCl)c1. The van der Waals surface area contributed by atoms with Gasteiger partial charge >= 0.3 is 0 Å². The summed E-state index contributed by atoms with van der Waals surface area (Å²) in [6.07, 6.45) is 1.83. The third-order valence-corrected chi connectivity index (χ3v) is 3.19. The van der Waals surface area contributed by atoms with Crippen LogP contribution in [0.15, 0.2) is 42.6 Å². The van der Waals surface area contributed by atoms with Crippen molar-refractivity contribution < 1.29 is 0 Å². The molecule has 94 valence electrons. The van der Waals surface area contributed by atoms with E-state index < -0.39 is 0 Å². The van der Waals surface area contributed by atoms with Crippen LogP contribution in [0.3, 0.4) is 0 Å². The van der Waals surface area contributed by atoms with E-state index in [0.29, 0.717) is 5.88 Å². The normalized spacial score (nSPS) is 10.6. The smallest absolute Gasteiger partial charge is 0.0570 e. The van der Waals surface area contributed by atoms with Gasteiger partial charge in [-0.05, 0) is 29.7 Å². The molecule has 2 nitrogen and oxygen atoms in total. The Bertz CT molecular complexity index is 511. The molecule has 0 aliphatic carbocycles. The minimum Gasteiger partial charge on any atom is -0.307 e. The average Bonchev–Trinajstić information content (AvgIpc) is 2.41. The molecule has 1 N–H and O–H groups in total. The van der Waals surface area contributed by atoms with E-state index in [0.717, 1.165) is 24.3 Å². The molecule has 3 heteroatoms. The minimum atomic E-state index is 0.563. The number of alkyl halides is 1. The van der Waals surface area contributed by atoms with Crippen molar-refractivity contribution in [2.24, 2.45) is 0 Å². The van der Waals surface area contributed by atoms with Crippen LogP contribution in [0, 0.1) is 6.92 Å². The van der Waals surface area contributed by atoms with Crippen LogP contribution >= 0.6 is 11.6 Å². The van der Waals surface area contributed by atoms with E-state index >= 15 is 0 Å². The van der Waals surface area contributed by atoms with Crippen molar-refractivity contribution in [3.05, 3.63) is 65.0 Å². The second kappa shape index (κ2) is 6.53. The predicted molar refractivity (Wildman–Crippen MR) is 75.5 cm³/mol. The Morgan fingerprint density at radius 3 is 2.72 bits per heavy atom. The van der Waals surface area contributed by atoms with Gasteiger partial charge in [0.15, 0.2) is 0 Å². The highest BCUT2D eigenvalue weighted by Gasteiger charge is 1.99. The summed E-state index contributed by atoms with van der Waals surface area (Å²) in [6, 6.07) is 12.4. The molecule has 0 spiro atoms. The molecule has 0 fully saturated rings. The van der Waals surface area contributed by atoms with E-state index in [9.17, 15) is 0 Å². The molecule has 18 heavy (non-hydrogen) atoms. The second-order valence-corrected chi connectivity index (χ2v) is 4.59. The molecule has 0 saturated heterocycles. The first-order chi connectivity index (χ1) is 8.79. The van der Waals surface area contributed by atoms with Crippen molar-refractivity contribution in [1.29, 1.82) is 0 Å². The number of benzene rings is 1. The van der Waals surface area contributed by atoms with Crippen molar-refractivity contribution in [1.82, 2.24) is 10.3 Å². The zero-order valence-corrected chi connectivity index (χ0v) is 11.2. The maximum Gasteiger partial charge on any atom is 0.0570 e. The summed E-state index contributed by atoms with van der Waals surface area (Å²) in [7, 11) is 0. The Morgan fingerprint density at radius 1 is 1.11 bits per heavy atom. The first kappa shape index (κ1) is 13.1. The van der Waals surface area contributed by atoms with Crippen LogP contribution in [0.25, 0.3) is 0 Å². The fourth-order valence-corrected chi connectivity index (χ4v) is 2.02. The lowest BCUT2D eigenvalue weighted by molar-refractivity contribution is 0.676. The first-order valence-electron chi connectivity index (χ1n) is 6.04. The highest BCUT2D eigenvalue weighted by molar-refractivity contribution is 6.17. The maximum absolute atomic E-state index is 5.82. The summed E-state index contributed by atoms with van der Waals surface area (Å²) in [5, 5.41) is 3.40. The Kier molecular flexibility index (Phi) is 4.73.